The molecule has 0 spiro atoms. The quantitative estimate of drug-likeness (QED) is 0.866. The van der Waals surface area contributed by atoms with E-state index in [9.17, 15) is 14.4 Å². The Morgan fingerprint density at radius 3 is 2.86 bits per heavy atom. The van der Waals surface area contributed by atoms with E-state index < -0.39 is 5.91 Å². The predicted octanol–water partition coefficient (Wildman–Crippen LogP) is 2.01. The molecule has 0 radical (unpaired) electrons. The standard InChI is InChI=1S/C15H16ClN3O3/c1-9-7-10(16)4-5-11(9)17-13(20)8-19-14(21)12-3-2-6-18(12)15(19)22/h4-5,7,12H,2-3,6,8H2,1H3,(H,17,20). The highest BCUT2D eigenvalue weighted by molar-refractivity contribution is 6.30. The topological polar surface area (TPSA) is 69.7 Å². The molecule has 1 unspecified atom stereocenters. The minimum Gasteiger partial charge on any atom is -0.324 e. The van der Waals surface area contributed by atoms with Crippen molar-refractivity contribution in [2.45, 2.75) is 25.8 Å². The number of aryl methyl sites for hydroxylation is 1. The van der Waals surface area contributed by atoms with E-state index in [0.717, 1.165) is 16.9 Å². The van der Waals surface area contributed by atoms with Crippen LogP contribution in [-0.4, -0.2) is 46.8 Å². The van der Waals surface area contributed by atoms with Crippen LogP contribution in [0.3, 0.4) is 0 Å². The van der Waals surface area contributed by atoms with Crippen LogP contribution < -0.4 is 5.32 Å². The van der Waals surface area contributed by atoms with Crippen LogP contribution in [0.15, 0.2) is 18.2 Å². The van der Waals surface area contributed by atoms with Crippen molar-refractivity contribution in [2.75, 3.05) is 18.4 Å². The molecule has 22 heavy (non-hydrogen) atoms. The van der Waals surface area contributed by atoms with Crippen molar-refractivity contribution < 1.29 is 14.4 Å². The van der Waals surface area contributed by atoms with Gasteiger partial charge in [-0.15, -0.1) is 0 Å². The molecule has 2 aliphatic heterocycles. The van der Waals surface area contributed by atoms with Gasteiger partial charge in [0.15, 0.2) is 0 Å². The Hall–Kier alpha value is -2.08. The third kappa shape index (κ3) is 2.54. The number of halogens is 1. The number of rotatable bonds is 3. The van der Waals surface area contributed by atoms with E-state index in [-0.39, 0.29) is 24.5 Å². The van der Waals surface area contributed by atoms with Crippen molar-refractivity contribution >= 4 is 35.1 Å². The molecular formula is C15H16ClN3O3. The summed E-state index contributed by atoms with van der Waals surface area (Å²) in [5, 5.41) is 3.29. The summed E-state index contributed by atoms with van der Waals surface area (Å²) in [4.78, 5) is 39.0. The van der Waals surface area contributed by atoms with Crippen LogP contribution in [-0.2, 0) is 9.59 Å². The van der Waals surface area contributed by atoms with Gasteiger partial charge in [0.05, 0.1) is 0 Å². The minimum atomic E-state index is -0.395. The molecule has 0 aromatic heterocycles. The predicted molar refractivity (Wildman–Crippen MR) is 81.7 cm³/mol. The van der Waals surface area contributed by atoms with Crippen LogP contribution in [0.2, 0.25) is 5.02 Å². The maximum absolute atomic E-state index is 12.2. The summed E-state index contributed by atoms with van der Waals surface area (Å²) in [6, 6.07) is 4.36. The molecule has 2 fully saturated rings. The maximum atomic E-state index is 12.2. The number of carbonyl (C=O) groups is 3. The number of imide groups is 1. The lowest BCUT2D eigenvalue weighted by Gasteiger charge is -2.15. The van der Waals surface area contributed by atoms with Crippen molar-refractivity contribution in [3.63, 3.8) is 0 Å². The zero-order valence-corrected chi connectivity index (χ0v) is 12.9. The fourth-order valence-electron chi connectivity index (χ4n) is 2.93. The summed E-state index contributed by atoms with van der Waals surface area (Å²) in [5.74, 6) is -0.668. The van der Waals surface area contributed by atoms with Gasteiger partial charge in [-0.1, -0.05) is 11.6 Å². The number of nitrogens with one attached hydrogen (secondary N) is 1. The largest absolute Gasteiger partial charge is 0.327 e. The van der Waals surface area contributed by atoms with Crippen molar-refractivity contribution in [3.05, 3.63) is 28.8 Å². The van der Waals surface area contributed by atoms with Gasteiger partial charge in [-0.25, -0.2) is 4.79 Å². The van der Waals surface area contributed by atoms with E-state index >= 15 is 0 Å². The van der Waals surface area contributed by atoms with Crippen LogP contribution in [0.5, 0.6) is 0 Å². The Bertz CT molecular complexity index is 639. The van der Waals surface area contributed by atoms with E-state index in [2.05, 4.69) is 5.32 Å². The monoisotopic (exact) mass is 321 g/mol. The number of nitrogens with zero attached hydrogens (tertiary/aromatic N) is 2. The van der Waals surface area contributed by atoms with Gasteiger partial charge in [0.2, 0.25) is 5.91 Å². The lowest BCUT2D eigenvalue weighted by Crippen LogP contribution is -2.39. The average Bonchev–Trinajstić information content (AvgIpc) is 3.02. The van der Waals surface area contributed by atoms with Gasteiger partial charge in [-0.2, -0.15) is 0 Å². The van der Waals surface area contributed by atoms with Gasteiger partial charge in [-0.3, -0.25) is 14.5 Å². The molecule has 0 bridgehead atoms. The van der Waals surface area contributed by atoms with E-state index in [4.69, 9.17) is 11.6 Å². The summed E-state index contributed by atoms with van der Waals surface area (Å²) in [5.41, 5.74) is 1.44. The summed E-state index contributed by atoms with van der Waals surface area (Å²) in [6.45, 7) is 2.15. The summed E-state index contributed by atoms with van der Waals surface area (Å²) in [7, 11) is 0. The van der Waals surface area contributed by atoms with Gasteiger partial charge < -0.3 is 10.2 Å². The van der Waals surface area contributed by atoms with Crippen LogP contribution in [0.4, 0.5) is 10.5 Å². The molecule has 1 atom stereocenters. The first-order valence-electron chi connectivity index (χ1n) is 7.15. The Morgan fingerprint density at radius 2 is 2.18 bits per heavy atom. The highest BCUT2D eigenvalue weighted by Gasteiger charge is 2.47. The van der Waals surface area contributed by atoms with E-state index in [1.165, 1.54) is 0 Å². The van der Waals surface area contributed by atoms with Gasteiger partial charge in [0.25, 0.3) is 5.91 Å². The van der Waals surface area contributed by atoms with E-state index in [0.29, 0.717) is 23.7 Å². The molecule has 4 amide bonds. The van der Waals surface area contributed by atoms with Crippen LogP contribution in [0, 0.1) is 6.92 Å². The Labute approximate surface area is 133 Å². The molecular weight excluding hydrogens is 306 g/mol. The zero-order valence-electron chi connectivity index (χ0n) is 12.1. The number of anilines is 1. The molecule has 1 aromatic carbocycles. The summed E-state index contributed by atoms with van der Waals surface area (Å²) >= 11 is 5.87. The highest BCUT2D eigenvalue weighted by atomic mass is 35.5. The van der Waals surface area contributed by atoms with Crippen LogP contribution >= 0.6 is 11.6 Å². The first-order valence-corrected chi connectivity index (χ1v) is 7.53. The lowest BCUT2D eigenvalue weighted by atomic mass is 10.2. The summed E-state index contributed by atoms with van der Waals surface area (Å²) < 4.78 is 0. The first kappa shape index (κ1) is 14.8. The van der Waals surface area contributed by atoms with Gasteiger partial charge in [0.1, 0.15) is 12.6 Å². The highest BCUT2D eigenvalue weighted by Crippen LogP contribution is 2.27. The van der Waals surface area contributed by atoms with Gasteiger partial charge >= 0.3 is 6.03 Å². The fourth-order valence-corrected chi connectivity index (χ4v) is 3.15. The number of benzene rings is 1. The van der Waals surface area contributed by atoms with Crippen molar-refractivity contribution in [3.8, 4) is 0 Å². The second kappa shape index (κ2) is 5.61. The van der Waals surface area contributed by atoms with Crippen LogP contribution in [0.25, 0.3) is 0 Å². The Balaban J connectivity index is 1.67. The number of hydrogen-bond donors (Lipinski definition) is 1. The molecule has 0 aliphatic carbocycles. The molecule has 116 valence electrons. The molecule has 1 aromatic rings. The Kier molecular flexibility index (Phi) is 3.78. The molecule has 1 N–H and O–H groups in total. The number of amides is 4. The molecule has 6 nitrogen and oxygen atoms in total. The number of urea groups is 1. The molecule has 2 saturated heterocycles. The van der Waals surface area contributed by atoms with E-state index in [1.54, 1.807) is 23.1 Å². The summed E-state index contributed by atoms with van der Waals surface area (Å²) in [6.07, 6.45) is 1.52. The normalized spacial score (nSPS) is 20.5. The maximum Gasteiger partial charge on any atom is 0.327 e. The molecule has 7 heteroatoms. The molecule has 3 rings (SSSR count). The van der Waals surface area contributed by atoms with Gasteiger partial charge in [0, 0.05) is 17.3 Å². The zero-order chi connectivity index (χ0) is 15.9. The lowest BCUT2D eigenvalue weighted by molar-refractivity contribution is -0.131. The van der Waals surface area contributed by atoms with Crippen molar-refractivity contribution in [1.29, 1.82) is 0 Å². The van der Waals surface area contributed by atoms with Crippen LogP contribution in [0.1, 0.15) is 18.4 Å². The van der Waals surface area contributed by atoms with Crippen molar-refractivity contribution in [1.82, 2.24) is 9.80 Å². The third-order valence-electron chi connectivity index (χ3n) is 4.04. The SMILES string of the molecule is Cc1cc(Cl)ccc1NC(=O)CN1C(=O)C2CCCN2C1=O. The fraction of sp³-hybridized carbons (Fsp3) is 0.400. The minimum absolute atomic E-state index is 0.257. The molecule has 2 aliphatic rings. The molecule has 2 heterocycles. The second-order valence-corrected chi connectivity index (χ2v) is 6.00. The first-order chi connectivity index (χ1) is 10.5. The smallest absolute Gasteiger partial charge is 0.324 e. The number of hydrogen-bond acceptors (Lipinski definition) is 3. The number of carbonyl (C=O) groups excluding carboxylic acids is 3. The molecule has 0 saturated carbocycles. The van der Waals surface area contributed by atoms with Crippen molar-refractivity contribution in [2.24, 2.45) is 0 Å². The Morgan fingerprint density at radius 1 is 1.41 bits per heavy atom. The second-order valence-electron chi connectivity index (χ2n) is 5.57. The number of fused-ring (bicyclic) bond motifs is 1. The average molecular weight is 322 g/mol. The third-order valence-corrected chi connectivity index (χ3v) is 4.28. The van der Waals surface area contributed by atoms with E-state index in [1.807, 2.05) is 6.92 Å². The van der Waals surface area contributed by atoms with Gasteiger partial charge in [-0.05, 0) is 43.5 Å².